The van der Waals surface area contributed by atoms with Gasteiger partial charge >= 0.3 is 0 Å². The number of H-pyrrole nitrogens is 1. The summed E-state index contributed by atoms with van der Waals surface area (Å²) in [6.07, 6.45) is 1.07. The first kappa shape index (κ1) is 12.4. The number of amides is 1. The number of pyridine rings is 1. The van der Waals surface area contributed by atoms with E-state index < -0.39 is 0 Å². The van der Waals surface area contributed by atoms with E-state index in [1.807, 2.05) is 0 Å². The number of hydrogen-bond donors (Lipinski definition) is 3. The van der Waals surface area contributed by atoms with Crippen LogP contribution in [0.3, 0.4) is 0 Å². The van der Waals surface area contributed by atoms with Gasteiger partial charge in [-0.2, -0.15) is 0 Å². The van der Waals surface area contributed by atoms with Crippen LogP contribution < -0.4 is 16.2 Å². The molecule has 0 aliphatic carbocycles. The first-order valence-electron chi connectivity index (χ1n) is 5.42. The Hall–Kier alpha value is -1.62. The predicted octanol–water partition coefficient (Wildman–Crippen LogP) is 0.104. The number of carbonyl (C=O) groups excluding carboxylic acids is 1. The van der Waals surface area contributed by atoms with E-state index in [9.17, 15) is 9.59 Å². The van der Waals surface area contributed by atoms with Crippen LogP contribution in [0.25, 0.3) is 0 Å². The molecule has 0 spiro atoms. The standard InChI is InChI=1S/C11H17N3O2/c1-2-6-12-7-8-13-11(16)9-4-3-5-10(15)14-9/h3-5,12H,2,6-8H2,1H3,(H,13,16)(H,14,15). The molecule has 3 N–H and O–H groups in total. The van der Waals surface area contributed by atoms with Gasteiger partial charge in [0, 0.05) is 19.2 Å². The van der Waals surface area contributed by atoms with Gasteiger partial charge < -0.3 is 15.6 Å². The molecule has 0 radical (unpaired) electrons. The molecule has 0 saturated carbocycles. The van der Waals surface area contributed by atoms with Crippen LogP contribution in [0.2, 0.25) is 0 Å². The number of carbonyl (C=O) groups is 1. The van der Waals surface area contributed by atoms with Gasteiger partial charge in [0.2, 0.25) is 5.56 Å². The molecule has 1 amide bonds. The Morgan fingerprint density at radius 2 is 2.12 bits per heavy atom. The summed E-state index contributed by atoms with van der Waals surface area (Å²) in [6.45, 7) is 4.31. The van der Waals surface area contributed by atoms with Gasteiger partial charge in [0.25, 0.3) is 5.91 Å². The van der Waals surface area contributed by atoms with Crippen molar-refractivity contribution in [3.05, 3.63) is 34.2 Å². The second kappa shape index (κ2) is 6.79. The van der Waals surface area contributed by atoms with E-state index in [1.165, 1.54) is 6.07 Å². The molecule has 88 valence electrons. The molecule has 5 heteroatoms. The van der Waals surface area contributed by atoms with Crippen molar-refractivity contribution in [2.24, 2.45) is 0 Å². The zero-order valence-electron chi connectivity index (χ0n) is 9.38. The summed E-state index contributed by atoms with van der Waals surface area (Å²) in [5.41, 5.74) is 0.0275. The van der Waals surface area contributed by atoms with Crippen molar-refractivity contribution in [1.82, 2.24) is 15.6 Å². The lowest BCUT2D eigenvalue weighted by atomic mass is 10.3. The van der Waals surface area contributed by atoms with Gasteiger partial charge in [-0.05, 0) is 19.0 Å². The first-order chi connectivity index (χ1) is 7.74. The maximum absolute atomic E-state index is 11.5. The van der Waals surface area contributed by atoms with E-state index in [0.29, 0.717) is 12.2 Å². The lowest BCUT2D eigenvalue weighted by molar-refractivity contribution is 0.0948. The second-order valence-electron chi connectivity index (χ2n) is 3.43. The average molecular weight is 223 g/mol. The van der Waals surface area contributed by atoms with Gasteiger partial charge in [-0.15, -0.1) is 0 Å². The average Bonchev–Trinajstić information content (AvgIpc) is 2.28. The molecule has 0 unspecified atom stereocenters. The van der Waals surface area contributed by atoms with Crippen LogP contribution in [0.1, 0.15) is 23.8 Å². The first-order valence-corrected chi connectivity index (χ1v) is 5.42. The SMILES string of the molecule is CCCNCCNC(=O)c1cccc(=O)[nH]1. The molecule has 1 aromatic rings. The van der Waals surface area contributed by atoms with Crippen LogP contribution in [0.5, 0.6) is 0 Å². The molecule has 0 fully saturated rings. The van der Waals surface area contributed by atoms with Gasteiger partial charge in [0.15, 0.2) is 0 Å². The lowest BCUT2D eigenvalue weighted by Gasteiger charge is -2.05. The number of aromatic amines is 1. The summed E-state index contributed by atoms with van der Waals surface area (Å²) < 4.78 is 0. The number of aromatic nitrogens is 1. The molecule has 0 aromatic carbocycles. The number of hydrogen-bond acceptors (Lipinski definition) is 3. The largest absolute Gasteiger partial charge is 0.349 e. The van der Waals surface area contributed by atoms with Gasteiger partial charge in [-0.1, -0.05) is 13.0 Å². The highest BCUT2D eigenvalue weighted by Crippen LogP contribution is 1.88. The zero-order valence-corrected chi connectivity index (χ0v) is 9.38. The number of nitrogens with one attached hydrogen (secondary N) is 3. The molecule has 0 aliphatic rings. The van der Waals surface area contributed by atoms with E-state index in [0.717, 1.165) is 19.5 Å². The summed E-state index contributed by atoms with van der Waals surface area (Å²) in [7, 11) is 0. The van der Waals surface area contributed by atoms with Crippen LogP contribution >= 0.6 is 0 Å². The maximum atomic E-state index is 11.5. The Bertz CT molecular complexity index is 387. The highest BCUT2D eigenvalue weighted by molar-refractivity contribution is 5.92. The lowest BCUT2D eigenvalue weighted by Crippen LogP contribution is -2.33. The smallest absolute Gasteiger partial charge is 0.267 e. The Kier molecular flexibility index (Phi) is 5.28. The fourth-order valence-corrected chi connectivity index (χ4v) is 1.24. The van der Waals surface area contributed by atoms with Gasteiger partial charge in [0.05, 0.1) is 0 Å². The molecule has 0 atom stereocenters. The summed E-state index contributed by atoms with van der Waals surface area (Å²) in [5, 5.41) is 5.88. The Morgan fingerprint density at radius 3 is 2.81 bits per heavy atom. The topological polar surface area (TPSA) is 74.0 Å². The van der Waals surface area contributed by atoms with E-state index in [1.54, 1.807) is 12.1 Å². The van der Waals surface area contributed by atoms with Crippen molar-refractivity contribution in [3.8, 4) is 0 Å². The highest BCUT2D eigenvalue weighted by Gasteiger charge is 2.04. The van der Waals surface area contributed by atoms with Crippen molar-refractivity contribution in [2.75, 3.05) is 19.6 Å². The third-order valence-corrected chi connectivity index (χ3v) is 2.03. The molecular weight excluding hydrogens is 206 g/mol. The van der Waals surface area contributed by atoms with Gasteiger partial charge in [-0.25, -0.2) is 0 Å². The van der Waals surface area contributed by atoms with Gasteiger partial charge in [-0.3, -0.25) is 9.59 Å². The summed E-state index contributed by atoms with van der Waals surface area (Å²) in [5.74, 6) is -0.254. The molecule has 0 aliphatic heterocycles. The van der Waals surface area contributed by atoms with Crippen molar-refractivity contribution in [1.29, 1.82) is 0 Å². The molecule has 1 heterocycles. The van der Waals surface area contributed by atoms with Crippen molar-refractivity contribution in [3.63, 3.8) is 0 Å². The van der Waals surface area contributed by atoms with Crippen LogP contribution in [-0.4, -0.2) is 30.5 Å². The summed E-state index contributed by atoms with van der Waals surface area (Å²) in [4.78, 5) is 25.0. The Balaban J connectivity index is 2.33. The van der Waals surface area contributed by atoms with Gasteiger partial charge in [0.1, 0.15) is 5.69 Å². The maximum Gasteiger partial charge on any atom is 0.267 e. The number of rotatable bonds is 6. The monoisotopic (exact) mass is 223 g/mol. The van der Waals surface area contributed by atoms with Crippen molar-refractivity contribution >= 4 is 5.91 Å². The predicted molar refractivity (Wildman–Crippen MR) is 62.6 cm³/mol. The molecule has 0 bridgehead atoms. The normalized spacial score (nSPS) is 10.1. The Labute approximate surface area is 94.3 Å². The summed E-state index contributed by atoms with van der Waals surface area (Å²) in [6, 6.07) is 4.51. The fraction of sp³-hybridized carbons (Fsp3) is 0.455. The minimum absolute atomic E-state index is 0.254. The quantitative estimate of drug-likeness (QED) is 0.599. The molecule has 0 saturated heterocycles. The van der Waals surface area contributed by atoms with Crippen molar-refractivity contribution in [2.45, 2.75) is 13.3 Å². The molecule has 16 heavy (non-hydrogen) atoms. The third-order valence-electron chi connectivity index (χ3n) is 2.03. The van der Waals surface area contributed by atoms with Crippen LogP contribution in [0.4, 0.5) is 0 Å². The van der Waals surface area contributed by atoms with E-state index in [-0.39, 0.29) is 11.5 Å². The molecule has 1 aromatic heterocycles. The van der Waals surface area contributed by atoms with Crippen LogP contribution in [0.15, 0.2) is 23.0 Å². The third kappa shape index (κ3) is 4.27. The molecular formula is C11H17N3O2. The highest BCUT2D eigenvalue weighted by atomic mass is 16.2. The second-order valence-corrected chi connectivity index (χ2v) is 3.43. The zero-order chi connectivity index (χ0) is 11.8. The molecule has 5 nitrogen and oxygen atoms in total. The Morgan fingerprint density at radius 1 is 1.31 bits per heavy atom. The molecule has 1 rings (SSSR count). The fourth-order valence-electron chi connectivity index (χ4n) is 1.24. The van der Waals surface area contributed by atoms with Crippen molar-refractivity contribution < 1.29 is 4.79 Å². The minimum Gasteiger partial charge on any atom is -0.349 e. The van der Waals surface area contributed by atoms with E-state index in [4.69, 9.17) is 0 Å². The van der Waals surface area contributed by atoms with E-state index >= 15 is 0 Å². The van der Waals surface area contributed by atoms with E-state index in [2.05, 4.69) is 22.5 Å². The van der Waals surface area contributed by atoms with Crippen LogP contribution in [-0.2, 0) is 0 Å². The van der Waals surface area contributed by atoms with Crippen LogP contribution in [0, 0.1) is 0 Å². The minimum atomic E-state index is -0.267. The summed E-state index contributed by atoms with van der Waals surface area (Å²) >= 11 is 0.